The predicted molar refractivity (Wildman–Crippen MR) is 434 cm³/mol. The Labute approximate surface area is 624 Å². The standard InChI is InChI=1S/C90H174NO8P/c1-6-8-10-12-14-16-18-20-22-24-26-28-30-32-34-36-38-40-42-43-44-45-46-47-49-51-53-55-57-59-61-63-65-67-69-71-73-75-77-79-81-83-90(93)99-88(87-98-100(94,95)97-85-84-91(3,4)5)86-96-89(92)82-80-78-76-74-72-70-68-66-64-62-60-58-56-54-52-50-48-41-39-37-35-33-31-29-27-25-23-21-19-17-15-13-11-9-7-2/h18,20,24-27,88H,6-17,19,21-23,28-87H2,1-5H3/b20-18-,26-24-,27-25-. The Morgan fingerprint density at radius 2 is 0.540 bits per heavy atom. The van der Waals surface area contributed by atoms with Crippen molar-refractivity contribution in [1.82, 2.24) is 0 Å². The van der Waals surface area contributed by atoms with Gasteiger partial charge in [0, 0.05) is 12.8 Å². The van der Waals surface area contributed by atoms with Crippen molar-refractivity contribution < 1.29 is 42.1 Å². The minimum Gasteiger partial charge on any atom is -0.756 e. The smallest absolute Gasteiger partial charge is 0.306 e. The number of allylic oxidation sites excluding steroid dienone is 6. The third kappa shape index (κ3) is 85.2. The zero-order valence-corrected chi connectivity index (χ0v) is 68.8. The fraction of sp³-hybridized carbons (Fsp3) is 0.911. The molecule has 0 saturated carbocycles. The van der Waals surface area contributed by atoms with Crippen molar-refractivity contribution in [2.75, 3.05) is 47.5 Å². The summed E-state index contributed by atoms with van der Waals surface area (Å²) in [4.78, 5) is 38.3. The summed E-state index contributed by atoms with van der Waals surface area (Å²) >= 11 is 0. The lowest BCUT2D eigenvalue weighted by Crippen LogP contribution is -2.37. The third-order valence-electron chi connectivity index (χ3n) is 20.6. The number of phosphoric acid groups is 1. The molecule has 0 fully saturated rings. The van der Waals surface area contributed by atoms with Crippen molar-refractivity contribution in [2.24, 2.45) is 0 Å². The SMILES string of the molecule is CCCCCCC/C=C\C/C=C\CCCCCCCCCCCCCCCCCCCCCCCCCCCCCCCC(=O)OC(COC(=O)CCCCCCCCCCCCCCCCCCCCCCCCC/C=C\CCCCCCCCCC)COP(=O)([O-])OCC[N+](C)(C)C. The molecule has 9 nitrogen and oxygen atoms in total. The molecule has 0 saturated heterocycles. The topological polar surface area (TPSA) is 111 Å². The maximum Gasteiger partial charge on any atom is 0.306 e. The minimum absolute atomic E-state index is 0.0265. The van der Waals surface area contributed by atoms with Crippen LogP contribution in [-0.4, -0.2) is 70.0 Å². The van der Waals surface area contributed by atoms with Gasteiger partial charge in [0.15, 0.2) is 6.10 Å². The van der Waals surface area contributed by atoms with Gasteiger partial charge in [0.25, 0.3) is 7.82 Å². The molecule has 0 aromatic carbocycles. The number of quaternary nitrogens is 1. The molecule has 0 aromatic heterocycles. The van der Waals surface area contributed by atoms with Gasteiger partial charge < -0.3 is 27.9 Å². The number of hydrogen-bond acceptors (Lipinski definition) is 8. The molecule has 100 heavy (non-hydrogen) atoms. The van der Waals surface area contributed by atoms with Gasteiger partial charge in [-0.25, -0.2) is 0 Å². The Morgan fingerprint density at radius 3 is 0.800 bits per heavy atom. The van der Waals surface area contributed by atoms with E-state index in [0.29, 0.717) is 17.4 Å². The summed E-state index contributed by atoms with van der Waals surface area (Å²) in [6.07, 6.45) is 108. The van der Waals surface area contributed by atoms with E-state index in [1.165, 1.54) is 405 Å². The van der Waals surface area contributed by atoms with Crippen LogP contribution < -0.4 is 4.89 Å². The number of nitrogens with zero attached hydrogens (tertiary/aromatic N) is 1. The molecular weight excluding hydrogens is 1250 g/mol. The van der Waals surface area contributed by atoms with Crippen LogP contribution in [0.1, 0.15) is 476 Å². The van der Waals surface area contributed by atoms with E-state index in [9.17, 15) is 19.0 Å². The summed E-state index contributed by atoms with van der Waals surface area (Å²) < 4.78 is 34.5. The summed E-state index contributed by atoms with van der Waals surface area (Å²) in [5, 5.41) is 0. The van der Waals surface area contributed by atoms with E-state index < -0.39 is 26.5 Å². The van der Waals surface area contributed by atoms with Crippen LogP contribution in [0, 0.1) is 0 Å². The third-order valence-corrected chi connectivity index (χ3v) is 21.6. The summed E-state index contributed by atoms with van der Waals surface area (Å²) in [5.41, 5.74) is 0. The quantitative estimate of drug-likeness (QED) is 0.0195. The zero-order valence-electron chi connectivity index (χ0n) is 67.9. The largest absolute Gasteiger partial charge is 0.756 e. The maximum atomic E-state index is 12.9. The van der Waals surface area contributed by atoms with Crippen molar-refractivity contribution in [3.8, 4) is 0 Å². The fourth-order valence-electron chi connectivity index (χ4n) is 13.8. The zero-order chi connectivity index (χ0) is 72.5. The molecule has 592 valence electrons. The second-order valence-electron chi connectivity index (χ2n) is 32.0. The lowest BCUT2D eigenvalue weighted by Gasteiger charge is -2.28. The van der Waals surface area contributed by atoms with Crippen LogP contribution in [0.2, 0.25) is 0 Å². The number of carbonyl (C=O) groups is 2. The lowest BCUT2D eigenvalue weighted by atomic mass is 10.0. The van der Waals surface area contributed by atoms with E-state index in [-0.39, 0.29) is 32.0 Å². The molecule has 0 bridgehead atoms. The van der Waals surface area contributed by atoms with Gasteiger partial charge in [-0.15, -0.1) is 0 Å². The second-order valence-corrected chi connectivity index (χ2v) is 33.4. The monoisotopic (exact) mass is 1430 g/mol. The van der Waals surface area contributed by atoms with Crippen LogP contribution in [0.25, 0.3) is 0 Å². The van der Waals surface area contributed by atoms with Crippen LogP contribution in [0.3, 0.4) is 0 Å². The first kappa shape index (κ1) is 98.2. The average Bonchev–Trinajstić information content (AvgIpc) is 1.30. The Kier molecular flexibility index (Phi) is 79.9. The average molecular weight is 1430 g/mol. The number of hydrogen-bond donors (Lipinski definition) is 0. The summed E-state index contributed by atoms with van der Waals surface area (Å²) in [5.74, 6) is -0.803. The molecule has 0 aliphatic heterocycles. The van der Waals surface area contributed by atoms with Crippen LogP contribution in [0.4, 0.5) is 0 Å². The molecule has 0 spiro atoms. The Hall–Kier alpha value is -1.77. The van der Waals surface area contributed by atoms with Gasteiger partial charge in [0.1, 0.15) is 19.8 Å². The first-order valence-corrected chi connectivity index (χ1v) is 46.2. The molecule has 0 amide bonds. The highest BCUT2D eigenvalue weighted by atomic mass is 31.2. The molecule has 10 heteroatoms. The van der Waals surface area contributed by atoms with Crippen molar-refractivity contribution in [3.05, 3.63) is 36.5 Å². The van der Waals surface area contributed by atoms with E-state index in [1.54, 1.807) is 0 Å². The molecule has 0 aromatic rings. The number of likely N-dealkylation sites (N-methyl/N-ethyl adjacent to an activating group) is 1. The second kappa shape index (κ2) is 81.3. The number of esters is 2. The van der Waals surface area contributed by atoms with E-state index in [0.717, 1.165) is 38.5 Å². The molecule has 2 unspecified atom stereocenters. The van der Waals surface area contributed by atoms with Crippen LogP contribution in [-0.2, 0) is 32.7 Å². The van der Waals surface area contributed by atoms with Crippen molar-refractivity contribution in [3.63, 3.8) is 0 Å². The van der Waals surface area contributed by atoms with Crippen molar-refractivity contribution in [1.29, 1.82) is 0 Å². The molecule has 0 N–H and O–H groups in total. The number of rotatable bonds is 85. The molecular formula is C90H174NO8P. The lowest BCUT2D eigenvalue weighted by molar-refractivity contribution is -0.870. The van der Waals surface area contributed by atoms with Gasteiger partial charge in [-0.05, 0) is 70.6 Å². The molecule has 0 aliphatic carbocycles. The highest BCUT2D eigenvalue weighted by Crippen LogP contribution is 2.38. The van der Waals surface area contributed by atoms with Gasteiger partial charge >= 0.3 is 11.9 Å². The minimum atomic E-state index is -4.64. The molecule has 0 rings (SSSR count). The number of unbranched alkanes of at least 4 members (excludes halogenated alkanes) is 65. The van der Waals surface area contributed by atoms with Gasteiger partial charge in [-0.2, -0.15) is 0 Å². The van der Waals surface area contributed by atoms with E-state index >= 15 is 0 Å². The van der Waals surface area contributed by atoms with Crippen molar-refractivity contribution >= 4 is 19.8 Å². The number of carbonyl (C=O) groups excluding carboxylic acids is 2. The molecule has 0 radical (unpaired) electrons. The first-order chi connectivity index (χ1) is 49.0. The number of phosphoric ester groups is 1. The van der Waals surface area contributed by atoms with Gasteiger partial charge in [0.2, 0.25) is 0 Å². The van der Waals surface area contributed by atoms with Gasteiger partial charge in [-0.3, -0.25) is 14.2 Å². The van der Waals surface area contributed by atoms with Crippen molar-refractivity contribution in [2.45, 2.75) is 482 Å². The Morgan fingerprint density at radius 1 is 0.310 bits per heavy atom. The van der Waals surface area contributed by atoms with E-state index in [4.69, 9.17) is 18.5 Å². The number of ether oxygens (including phenoxy) is 2. The highest BCUT2D eigenvalue weighted by Gasteiger charge is 2.22. The van der Waals surface area contributed by atoms with Crippen LogP contribution >= 0.6 is 7.82 Å². The normalized spacial score (nSPS) is 13.1. The highest BCUT2D eigenvalue weighted by molar-refractivity contribution is 7.45. The Bertz CT molecular complexity index is 1780. The summed E-state index contributed by atoms with van der Waals surface area (Å²) in [6, 6.07) is 0. The summed E-state index contributed by atoms with van der Waals surface area (Å²) in [6.45, 7) is 4.32. The Balaban J connectivity index is 3.83. The maximum absolute atomic E-state index is 12.9. The van der Waals surface area contributed by atoms with E-state index in [2.05, 4.69) is 50.3 Å². The molecule has 2 atom stereocenters. The predicted octanol–water partition coefficient (Wildman–Crippen LogP) is 29.4. The molecule has 0 heterocycles. The van der Waals surface area contributed by atoms with Gasteiger partial charge in [0.05, 0.1) is 27.7 Å². The summed E-state index contributed by atoms with van der Waals surface area (Å²) in [7, 11) is 1.20. The first-order valence-electron chi connectivity index (χ1n) is 44.7. The van der Waals surface area contributed by atoms with E-state index in [1.807, 2.05) is 21.1 Å². The van der Waals surface area contributed by atoms with Crippen LogP contribution in [0.5, 0.6) is 0 Å². The van der Waals surface area contributed by atoms with Crippen LogP contribution in [0.15, 0.2) is 36.5 Å². The van der Waals surface area contributed by atoms with Gasteiger partial charge in [-0.1, -0.05) is 429 Å². The fourth-order valence-corrected chi connectivity index (χ4v) is 14.5. The molecule has 0 aliphatic rings.